The average Bonchev–Trinajstić information content (AvgIpc) is 3.12. The Bertz CT molecular complexity index is 1040. The van der Waals surface area contributed by atoms with Crippen molar-refractivity contribution in [1.29, 1.82) is 0 Å². The molecule has 4 rings (SSSR count). The molecule has 1 aliphatic rings. The molecular formula is C18H17N3O4S. The van der Waals surface area contributed by atoms with E-state index in [0.29, 0.717) is 24.2 Å². The van der Waals surface area contributed by atoms with Crippen molar-refractivity contribution in [3.05, 3.63) is 60.6 Å². The summed E-state index contributed by atoms with van der Waals surface area (Å²) >= 11 is 0. The van der Waals surface area contributed by atoms with Gasteiger partial charge in [0.25, 0.3) is 5.91 Å². The highest BCUT2D eigenvalue weighted by Crippen LogP contribution is 2.23. The van der Waals surface area contributed by atoms with E-state index in [1.807, 2.05) is 24.3 Å². The van der Waals surface area contributed by atoms with Gasteiger partial charge in [0.05, 0.1) is 5.56 Å². The van der Waals surface area contributed by atoms with E-state index < -0.39 is 10.0 Å². The SMILES string of the molecule is O=C(c1coc2ccccc12)N1CCN(S(=O)(=O)c2cccnc2)CC1. The van der Waals surface area contributed by atoms with Crippen molar-refractivity contribution in [2.75, 3.05) is 26.2 Å². The minimum absolute atomic E-state index is 0.145. The van der Waals surface area contributed by atoms with Gasteiger partial charge in [-0.15, -0.1) is 0 Å². The van der Waals surface area contributed by atoms with Crippen LogP contribution in [-0.2, 0) is 10.0 Å². The van der Waals surface area contributed by atoms with Crippen LogP contribution in [0, 0.1) is 0 Å². The molecule has 1 aliphatic heterocycles. The lowest BCUT2D eigenvalue weighted by Gasteiger charge is -2.33. The second-order valence-electron chi connectivity index (χ2n) is 6.03. The molecule has 134 valence electrons. The van der Waals surface area contributed by atoms with Crippen molar-refractivity contribution >= 4 is 26.9 Å². The second-order valence-corrected chi connectivity index (χ2v) is 7.97. The molecule has 26 heavy (non-hydrogen) atoms. The molecule has 0 atom stereocenters. The molecule has 0 saturated carbocycles. The lowest BCUT2D eigenvalue weighted by atomic mass is 10.1. The minimum atomic E-state index is -3.59. The van der Waals surface area contributed by atoms with Crippen LogP contribution in [0.1, 0.15) is 10.4 Å². The summed E-state index contributed by atoms with van der Waals surface area (Å²) < 4.78 is 32.1. The van der Waals surface area contributed by atoms with Crippen LogP contribution in [0.4, 0.5) is 0 Å². The summed E-state index contributed by atoms with van der Waals surface area (Å²) in [6.07, 6.45) is 4.33. The zero-order chi connectivity index (χ0) is 18.1. The van der Waals surface area contributed by atoms with Crippen molar-refractivity contribution in [2.24, 2.45) is 0 Å². The summed E-state index contributed by atoms with van der Waals surface area (Å²) in [5.74, 6) is -0.145. The third-order valence-corrected chi connectivity index (χ3v) is 6.39. The number of carbonyl (C=O) groups is 1. The van der Waals surface area contributed by atoms with E-state index in [0.717, 1.165) is 5.39 Å². The van der Waals surface area contributed by atoms with E-state index in [-0.39, 0.29) is 23.9 Å². The molecule has 0 spiro atoms. The third kappa shape index (κ3) is 2.87. The summed E-state index contributed by atoms with van der Waals surface area (Å²) in [6, 6.07) is 10.5. The predicted molar refractivity (Wildman–Crippen MR) is 95.1 cm³/mol. The Morgan fingerprint density at radius 1 is 1.04 bits per heavy atom. The Balaban J connectivity index is 1.49. The summed E-state index contributed by atoms with van der Waals surface area (Å²) in [5.41, 5.74) is 1.16. The number of carbonyl (C=O) groups excluding carboxylic acids is 1. The highest BCUT2D eigenvalue weighted by atomic mass is 32.2. The van der Waals surface area contributed by atoms with E-state index in [9.17, 15) is 13.2 Å². The fraction of sp³-hybridized carbons (Fsp3) is 0.222. The van der Waals surface area contributed by atoms with E-state index in [1.54, 1.807) is 11.0 Å². The predicted octanol–water partition coefficient (Wildman–Crippen LogP) is 1.97. The van der Waals surface area contributed by atoms with Crippen molar-refractivity contribution in [3.63, 3.8) is 0 Å². The number of rotatable bonds is 3. The molecule has 0 bridgehead atoms. The number of hydrogen-bond donors (Lipinski definition) is 0. The van der Waals surface area contributed by atoms with Gasteiger partial charge in [-0.25, -0.2) is 8.42 Å². The number of nitrogens with zero attached hydrogens (tertiary/aromatic N) is 3. The number of aromatic nitrogens is 1. The number of para-hydroxylation sites is 1. The van der Waals surface area contributed by atoms with E-state index in [2.05, 4.69) is 4.98 Å². The minimum Gasteiger partial charge on any atom is -0.463 e. The first kappa shape index (κ1) is 16.7. The van der Waals surface area contributed by atoms with E-state index in [4.69, 9.17) is 4.42 Å². The summed E-state index contributed by atoms with van der Waals surface area (Å²) in [4.78, 5) is 18.5. The zero-order valence-electron chi connectivity index (χ0n) is 13.9. The van der Waals surface area contributed by atoms with Crippen molar-refractivity contribution < 1.29 is 17.6 Å². The summed E-state index contributed by atoms with van der Waals surface area (Å²) in [5, 5.41) is 0.767. The van der Waals surface area contributed by atoms with Crippen LogP contribution in [0.2, 0.25) is 0 Å². The van der Waals surface area contributed by atoms with Crippen molar-refractivity contribution in [1.82, 2.24) is 14.2 Å². The molecule has 0 N–H and O–H groups in total. The zero-order valence-corrected chi connectivity index (χ0v) is 14.7. The first-order valence-electron chi connectivity index (χ1n) is 8.23. The van der Waals surface area contributed by atoms with Gasteiger partial charge in [-0.1, -0.05) is 18.2 Å². The van der Waals surface area contributed by atoms with E-state index in [1.165, 1.54) is 29.0 Å². The van der Waals surface area contributed by atoms with Crippen LogP contribution in [0.3, 0.4) is 0 Å². The molecule has 1 aromatic carbocycles. The number of hydrogen-bond acceptors (Lipinski definition) is 5. The molecule has 2 aromatic heterocycles. The van der Waals surface area contributed by atoms with Crippen LogP contribution >= 0.6 is 0 Å². The number of furan rings is 1. The average molecular weight is 371 g/mol. The Labute approximate surface area is 150 Å². The first-order chi connectivity index (χ1) is 12.6. The lowest BCUT2D eigenvalue weighted by Crippen LogP contribution is -2.50. The Morgan fingerprint density at radius 2 is 1.81 bits per heavy atom. The highest BCUT2D eigenvalue weighted by Gasteiger charge is 2.31. The number of amides is 1. The number of benzene rings is 1. The molecule has 7 nitrogen and oxygen atoms in total. The molecule has 0 aliphatic carbocycles. The number of sulfonamides is 1. The van der Waals surface area contributed by atoms with Crippen molar-refractivity contribution in [3.8, 4) is 0 Å². The monoisotopic (exact) mass is 371 g/mol. The lowest BCUT2D eigenvalue weighted by molar-refractivity contribution is 0.0699. The Kier molecular flexibility index (Phi) is 4.21. The molecule has 1 fully saturated rings. The Hall–Kier alpha value is -2.71. The van der Waals surface area contributed by atoms with Crippen LogP contribution in [-0.4, -0.2) is 54.7 Å². The van der Waals surface area contributed by atoms with Crippen LogP contribution in [0.5, 0.6) is 0 Å². The molecule has 0 radical (unpaired) electrons. The second kappa shape index (κ2) is 6.54. The molecule has 1 amide bonds. The van der Waals surface area contributed by atoms with Crippen molar-refractivity contribution in [2.45, 2.75) is 4.90 Å². The fourth-order valence-corrected chi connectivity index (χ4v) is 4.48. The van der Waals surface area contributed by atoms with Gasteiger partial charge >= 0.3 is 0 Å². The number of fused-ring (bicyclic) bond motifs is 1. The first-order valence-corrected chi connectivity index (χ1v) is 9.67. The number of pyridine rings is 1. The molecular weight excluding hydrogens is 354 g/mol. The largest absolute Gasteiger partial charge is 0.463 e. The fourth-order valence-electron chi connectivity index (χ4n) is 3.09. The van der Waals surface area contributed by atoms with Crippen LogP contribution in [0.25, 0.3) is 11.0 Å². The van der Waals surface area contributed by atoms with Gasteiger partial charge in [-0.3, -0.25) is 9.78 Å². The van der Waals surface area contributed by atoms with E-state index >= 15 is 0 Å². The topological polar surface area (TPSA) is 83.7 Å². The summed E-state index contributed by atoms with van der Waals surface area (Å²) in [6.45, 7) is 1.16. The molecule has 8 heteroatoms. The summed E-state index contributed by atoms with van der Waals surface area (Å²) in [7, 11) is -3.59. The van der Waals surface area contributed by atoms with Gasteiger partial charge in [0.15, 0.2) is 0 Å². The maximum absolute atomic E-state index is 12.8. The smallest absolute Gasteiger partial charge is 0.257 e. The van der Waals surface area contributed by atoms with Gasteiger partial charge in [0, 0.05) is 44.0 Å². The van der Waals surface area contributed by atoms with Gasteiger partial charge in [0.1, 0.15) is 16.7 Å². The maximum Gasteiger partial charge on any atom is 0.257 e. The Morgan fingerprint density at radius 3 is 2.54 bits per heavy atom. The number of piperazine rings is 1. The van der Waals surface area contributed by atoms with Gasteiger partial charge in [-0.05, 0) is 18.2 Å². The highest BCUT2D eigenvalue weighted by molar-refractivity contribution is 7.89. The van der Waals surface area contributed by atoms with Crippen LogP contribution in [0.15, 0.2) is 64.4 Å². The molecule has 3 heterocycles. The third-order valence-electron chi connectivity index (χ3n) is 4.51. The normalized spacial score (nSPS) is 16.1. The van der Waals surface area contributed by atoms with Crippen LogP contribution < -0.4 is 0 Å². The quantitative estimate of drug-likeness (QED) is 0.703. The maximum atomic E-state index is 12.8. The van der Waals surface area contributed by atoms with Gasteiger partial charge in [-0.2, -0.15) is 4.31 Å². The molecule has 0 unspecified atom stereocenters. The molecule has 1 saturated heterocycles. The standard InChI is InChI=1S/C18H17N3O4S/c22-18(16-13-25-17-6-2-1-5-15(16)17)20-8-10-21(11-9-20)26(23,24)14-4-3-7-19-12-14/h1-7,12-13H,8-11H2. The molecule has 3 aromatic rings. The van der Waals surface area contributed by atoms with Gasteiger partial charge < -0.3 is 9.32 Å². The van der Waals surface area contributed by atoms with Gasteiger partial charge in [0.2, 0.25) is 10.0 Å².